The topological polar surface area (TPSA) is 99.5 Å². The van der Waals surface area contributed by atoms with E-state index < -0.39 is 33.7 Å². The van der Waals surface area contributed by atoms with Crippen LogP contribution in [-0.4, -0.2) is 27.0 Å². The standard InChI is InChI=1S/C23H16ClF2N3O4S/c24-18-2-1-3-19(26)22(18)23(30)28-15-6-9-21-20(12-15)29(13-16(33-21)10-11-27)34(31,32)17-7-4-14(25)5-8-17/h1-9,12,16H,10,13H2,(H,28,30). The number of nitriles is 1. The molecule has 1 atom stereocenters. The monoisotopic (exact) mass is 503 g/mol. The summed E-state index contributed by atoms with van der Waals surface area (Å²) in [7, 11) is -4.17. The molecule has 0 saturated carbocycles. The highest BCUT2D eigenvalue weighted by Crippen LogP contribution is 2.39. The zero-order valence-electron chi connectivity index (χ0n) is 17.3. The van der Waals surface area contributed by atoms with E-state index >= 15 is 0 Å². The van der Waals surface area contributed by atoms with Gasteiger partial charge in [0.25, 0.3) is 15.9 Å². The van der Waals surface area contributed by atoms with Crippen molar-refractivity contribution < 1.29 is 26.7 Å². The largest absolute Gasteiger partial charge is 0.485 e. The van der Waals surface area contributed by atoms with Crippen LogP contribution in [0, 0.1) is 23.0 Å². The van der Waals surface area contributed by atoms with Crippen molar-refractivity contribution in [3.8, 4) is 11.8 Å². The number of nitrogens with one attached hydrogen (secondary N) is 1. The fourth-order valence-corrected chi connectivity index (χ4v) is 5.22. The van der Waals surface area contributed by atoms with Crippen molar-refractivity contribution in [1.29, 1.82) is 5.26 Å². The smallest absolute Gasteiger partial charge is 0.264 e. The number of amides is 1. The molecule has 0 fully saturated rings. The quantitative estimate of drug-likeness (QED) is 0.542. The summed E-state index contributed by atoms with van der Waals surface area (Å²) in [6.45, 7) is -0.184. The van der Waals surface area contributed by atoms with Crippen molar-refractivity contribution in [2.75, 3.05) is 16.2 Å². The maximum absolute atomic E-state index is 14.1. The van der Waals surface area contributed by atoms with Crippen LogP contribution in [0.1, 0.15) is 16.8 Å². The third-order valence-electron chi connectivity index (χ3n) is 5.06. The second-order valence-corrected chi connectivity index (χ2v) is 9.59. The predicted molar refractivity (Wildman–Crippen MR) is 121 cm³/mol. The van der Waals surface area contributed by atoms with E-state index in [1.54, 1.807) is 0 Å². The van der Waals surface area contributed by atoms with Crippen molar-refractivity contribution in [3.63, 3.8) is 0 Å². The Morgan fingerprint density at radius 3 is 2.59 bits per heavy atom. The number of fused-ring (bicyclic) bond motifs is 1. The maximum Gasteiger partial charge on any atom is 0.264 e. The van der Waals surface area contributed by atoms with Crippen LogP contribution in [-0.2, 0) is 10.0 Å². The van der Waals surface area contributed by atoms with Gasteiger partial charge in [0.2, 0.25) is 0 Å². The van der Waals surface area contributed by atoms with Gasteiger partial charge in [-0.1, -0.05) is 17.7 Å². The van der Waals surface area contributed by atoms with Crippen molar-refractivity contribution >= 4 is 38.9 Å². The van der Waals surface area contributed by atoms with Crippen LogP contribution < -0.4 is 14.4 Å². The van der Waals surface area contributed by atoms with E-state index in [0.717, 1.165) is 34.6 Å². The Kier molecular flexibility index (Phi) is 6.41. The molecule has 4 rings (SSSR count). The molecule has 0 bridgehead atoms. The number of halogens is 3. The Morgan fingerprint density at radius 2 is 1.91 bits per heavy atom. The molecule has 0 radical (unpaired) electrons. The van der Waals surface area contributed by atoms with Crippen LogP contribution in [0.2, 0.25) is 5.02 Å². The van der Waals surface area contributed by atoms with Gasteiger partial charge >= 0.3 is 0 Å². The minimum Gasteiger partial charge on any atom is -0.485 e. The highest BCUT2D eigenvalue weighted by molar-refractivity contribution is 7.92. The second-order valence-electron chi connectivity index (χ2n) is 7.33. The first kappa shape index (κ1) is 23.5. The average molecular weight is 504 g/mol. The van der Waals surface area contributed by atoms with Gasteiger partial charge in [-0.15, -0.1) is 0 Å². The molecule has 1 aliphatic rings. The number of ether oxygens (including phenoxy) is 1. The highest BCUT2D eigenvalue weighted by atomic mass is 35.5. The summed E-state index contributed by atoms with van der Waals surface area (Å²) in [5.41, 5.74) is -0.108. The Hall–Kier alpha value is -3.68. The maximum atomic E-state index is 14.1. The van der Waals surface area contributed by atoms with E-state index in [-0.39, 0.29) is 45.6 Å². The van der Waals surface area contributed by atoms with E-state index in [1.165, 1.54) is 30.3 Å². The summed E-state index contributed by atoms with van der Waals surface area (Å²) in [5.74, 6) is -2.07. The minimum absolute atomic E-state index is 0.0703. The van der Waals surface area contributed by atoms with Gasteiger partial charge in [0, 0.05) is 5.69 Å². The summed E-state index contributed by atoms with van der Waals surface area (Å²) < 4.78 is 61.0. The first-order valence-electron chi connectivity index (χ1n) is 9.92. The molecule has 11 heteroatoms. The molecule has 0 saturated heterocycles. The molecule has 0 aromatic heterocycles. The first-order valence-corrected chi connectivity index (χ1v) is 11.7. The number of anilines is 2. The van der Waals surface area contributed by atoms with E-state index in [2.05, 4.69) is 5.32 Å². The Balaban J connectivity index is 1.73. The summed E-state index contributed by atoms with van der Waals surface area (Å²) in [6.07, 6.45) is -0.815. The lowest BCUT2D eigenvalue weighted by atomic mass is 10.1. The molecule has 1 N–H and O–H groups in total. The van der Waals surface area contributed by atoms with Gasteiger partial charge in [-0.3, -0.25) is 9.10 Å². The normalized spacial score (nSPS) is 15.1. The van der Waals surface area contributed by atoms with Crippen LogP contribution in [0.3, 0.4) is 0 Å². The molecule has 1 amide bonds. The van der Waals surface area contributed by atoms with Gasteiger partial charge in [-0.25, -0.2) is 17.2 Å². The van der Waals surface area contributed by atoms with Gasteiger partial charge < -0.3 is 10.1 Å². The third-order valence-corrected chi connectivity index (χ3v) is 7.17. The lowest BCUT2D eigenvalue weighted by molar-refractivity contribution is 0.102. The molecule has 1 heterocycles. The number of rotatable bonds is 5. The first-order chi connectivity index (χ1) is 16.2. The fourth-order valence-electron chi connectivity index (χ4n) is 3.47. The summed E-state index contributed by atoms with van der Waals surface area (Å²) in [6, 6.07) is 14.3. The highest BCUT2D eigenvalue weighted by Gasteiger charge is 2.35. The lowest BCUT2D eigenvalue weighted by Crippen LogP contribution is -2.43. The number of carbonyl (C=O) groups excluding carboxylic acids is 1. The molecule has 1 aliphatic heterocycles. The molecule has 1 unspecified atom stereocenters. The lowest BCUT2D eigenvalue weighted by Gasteiger charge is -2.35. The SMILES string of the molecule is N#CCC1CN(S(=O)(=O)c2ccc(F)cc2)c2cc(NC(=O)c3c(F)cccc3Cl)ccc2O1. The van der Waals surface area contributed by atoms with Gasteiger partial charge in [-0.2, -0.15) is 5.26 Å². The Labute approximate surface area is 199 Å². The number of hydrogen-bond donors (Lipinski definition) is 1. The van der Waals surface area contributed by atoms with E-state index in [4.69, 9.17) is 21.6 Å². The molecule has 3 aromatic carbocycles. The van der Waals surface area contributed by atoms with Crippen molar-refractivity contribution in [3.05, 3.63) is 82.9 Å². The number of carbonyl (C=O) groups is 1. The Morgan fingerprint density at radius 1 is 1.18 bits per heavy atom. The number of sulfonamides is 1. The van der Waals surface area contributed by atoms with Crippen molar-refractivity contribution in [2.45, 2.75) is 17.4 Å². The van der Waals surface area contributed by atoms with Gasteiger partial charge in [0.05, 0.1) is 40.2 Å². The summed E-state index contributed by atoms with van der Waals surface area (Å²) >= 11 is 5.95. The van der Waals surface area contributed by atoms with Crippen LogP contribution in [0.5, 0.6) is 5.75 Å². The van der Waals surface area contributed by atoms with Crippen LogP contribution >= 0.6 is 11.6 Å². The molecule has 34 heavy (non-hydrogen) atoms. The van der Waals surface area contributed by atoms with Crippen molar-refractivity contribution in [2.24, 2.45) is 0 Å². The van der Waals surface area contributed by atoms with E-state index in [0.29, 0.717) is 0 Å². The molecule has 0 spiro atoms. The molecule has 7 nitrogen and oxygen atoms in total. The van der Waals surface area contributed by atoms with Gasteiger partial charge in [0.1, 0.15) is 23.5 Å². The number of nitrogens with zero attached hydrogens (tertiary/aromatic N) is 2. The summed E-state index contributed by atoms with van der Waals surface area (Å²) in [5, 5.41) is 11.5. The van der Waals surface area contributed by atoms with E-state index in [1.807, 2.05) is 6.07 Å². The summed E-state index contributed by atoms with van der Waals surface area (Å²) in [4.78, 5) is 12.5. The number of benzene rings is 3. The molecule has 3 aromatic rings. The zero-order chi connectivity index (χ0) is 24.5. The molecule has 0 aliphatic carbocycles. The van der Waals surface area contributed by atoms with Crippen LogP contribution in [0.25, 0.3) is 0 Å². The number of hydrogen-bond acceptors (Lipinski definition) is 5. The van der Waals surface area contributed by atoms with Gasteiger partial charge in [0.15, 0.2) is 0 Å². The Bertz CT molecular complexity index is 1390. The molecule has 174 valence electrons. The minimum atomic E-state index is -4.17. The van der Waals surface area contributed by atoms with Crippen LogP contribution in [0.15, 0.2) is 65.6 Å². The second kappa shape index (κ2) is 9.29. The molecular weight excluding hydrogens is 488 g/mol. The van der Waals surface area contributed by atoms with Crippen molar-refractivity contribution in [1.82, 2.24) is 0 Å². The third kappa shape index (κ3) is 4.53. The fraction of sp³-hybridized carbons (Fsp3) is 0.130. The molecular formula is C23H16ClF2N3O4S. The zero-order valence-corrected chi connectivity index (χ0v) is 18.9. The average Bonchev–Trinajstić information content (AvgIpc) is 2.79. The van der Waals surface area contributed by atoms with Gasteiger partial charge in [-0.05, 0) is 54.6 Å². The van der Waals surface area contributed by atoms with Crippen LogP contribution in [0.4, 0.5) is 20.2 Å². The predicted octanol–water partition coefficient (Wildman–Crippen LogP) is 4.74. The van der Waals surface area contributed by atoms with E-state index in [9.17, 15) is 22.0 Å².